The summed E-state index contributed by atoms with van der Waals surface area (Å²) in [4.78, 5) is 4.71. The summed E-state index contributed by atoms with van der Waals surface area (Å²) in [5.74, 6) is 0. The molecule has 0 aliphatic carbocycles. The molecule has 1 unspecified atom stereocenters. The molecule has 1 aromatic heterocycles. The first-order valence-corrected chi connectivity index (χ1v) is 8.56. The second kappa shape index (κ2) is 5.34. The molecule has 21 heavy (non-hydrogen) atoms. The zero-order chi connectivity index (χ0) is 15.3. The molecule has 1 atom stereocenters. The standard InChI is InChI=1S/C15H24BNO3S/c1-10-12(16-19-14(2,3)15(4,5)20-16)21-13(17-10)11-8-6-7-9-18-11/h11H,6-9H2,1-5H3. The number of hydrogen-bond donors (Lipinski definition) is 0. The minimum absolute atomic E-state index is 0.152. The maximum Gasteiger partial charge on any atom is 0.507 e. The molecular formula is C15H24BNO3S. The van der Waals surface area contributed by atoms with Gasteiger partial charge in [-0.05, 0) is 53.9 Å². The molecule has 2 aliphatic rings. The van der Waals surface area contributed by atoms with Gasteiger partial charge >= 0.3 is 7.12 Å². The number of ether oxygens (including phenoxy) is 1. The lowest BCUT2D eigenvalue weighted by atomic mass is 9.86. The highest BCUT2D eigenvalue weighted by atomic mass is 32.1. The molecule has 0 N–H and O–H groups in total. The predicted octanol–water partition coefficient (Wildman–Crippen LogP) is 2.99. The highest BCUT2D eigenvalue weighted by Crippen LogP contribution is 2.38. The number of rotatable bonds is 2. The van der Waals surface area contributed by atoms with E-state index in [1.54, 1.807) is 11.3 Å². The van der Waals surface area contributed by atoms with Crippen molar-refractivity contribution >= 4 is 23.2 Å². The summed E-state index contributed by atoms with van der Waals surface area (Å²) in [6, 6.07) is 0. The summed E-state index contributed by atoms with van der Waals surface area (Å²) in [5, 5.41) is 1.07. The van der Waals surface area contributed by atoms with E-state index in [4.69, 9.17) is 19.0 Å². The van der Waals surface area contributed by atoms with Gasteiger partial charge in [0.1, 0.15) is 11.1 Å². The Balaban J connectivity index is 1.82. The molecule has 3 heterocycles. The van der Waals surface area contributed by atoms with Crippen molar-refractivity contribution in [2.75, 3.05) is 6.61 Å². The van der Waals surface area contributed by atoms with Crippen LogP contribution in [0.4, 0.5) is 0 Å². The molecular weight excluding hydrogens is 285 g/mol. The van der Waals surface area contributed by atoms with Crippen molar-refractivity contribution in [2.24, 2.45) is 0 Å². The van der Waals surface area contributed by atoms with Crippen LogP contribution in [0.3, 0.4) is 0 Å². The van der Waals surface area contributed by atoms with Crippen LogP contribution in [0, 0.1) is 6.92 Å². The maximum atomic E-state index is 6.14. The summed E-state index contributed by atoms with van der Waals surface area (Å²) in [5.41, 5.74) is 0.383. The summed E-state index contributed by atoms with van der Waals surface area (Å²) >= 11 is 1.68. The van der Waals surface area contributed by atoms with Crippen LogP contribution in [0.15, 0.2) is 0 Å². The first-order chi connectivity index (χ1) is 9.80. The predicted molar refractivity (Wildman–Crippen MR) is 85.1 cm³/mol. The SMILES string of the molecule is Cc1nc(C2CCCCO2)sc1B1OC(C)(C)C(C)(C)O1. The molecule has 4 nitrogen and oxygen atoms in total. The Bertz CT molecular complexity index is 507. The highest BCUT2D eigenvalue weighted by Gasteiger charge is 2.53. The van der Waals surface area contributed by atoms with E-state index in [1.165, 1.54) is 6.42 Å². The minimum atomic E-state index is -0.315. The second-order valence-corrected chi connectivity index (χ2v) is 8.01. The van der Waals surface area contributed by atoms with E-state index in [9.17, 15) is 0 Å². The van der Waals surface area contributed by atoms with E-state index in [2.05, 4.69) is 27.7 Å². The Hall–Kier alpha value is -0.425. The summed E-state index contributed by atoms with van der Waals surface area (Å²) < 4.78 is 19.2. The fraction of sp³-hybridized carbons (Fsp3) is 0.800. The van der Waals surface area contributed by atoms with Gasteiger partial charge in [-0.1, -0.05) is 0 Å². The van der Waals surface area contributed by atoms with Crippen molar-refractivity contribution in [1.82, 2.24) is 4.98 Å². The van der Waals surface area contributed by atoms with Gasteiger partial charge in [0.05, 0.1) is 16.0 Å². The van der Waals surface area contributed by atoms with E-state index in [0.29, 0.717) is 0 Å². The van der Waals surface area contributed by atoms with Crippen molar-refractivity contribution in [3.8, 4) is 0 Å². The molecule has 116 valence electrons. The van der Waals surface area contributed by atoms with E-state index in [0.717, 1.165) is 34.9 Å². The zero-order valence-electron chi connectivity index (χ0n) is 13.6. The zero-order valence-corrected chi connectivity index (χ0v) is 14.4. The van der Waals surface area contributed by atoms with E-state index in [-0.39, 0.29) is 24.4 Å². The minimum Gasteiger partial charge on any atom is -0.399 e. The third-order valence-corrected chi connectivity index (χ3v) is 6.04. The van der Waals surface area contributed by atoms with Gasteiger partial charge in [-0.3, -0.25) is 0 Å². The summed E-state index contributed by atoms with van der Waals surface area (Å²) in [6.45, 7) is 11.2. The van der Waals surface area contributed by atoms with Crippen LogP contribution in [-0.2, 0) is 14.0 Å². The Labute approximate surface area is 131 Å². The van der Waals surface area contributed by atoms with Gasteiger partial charge in [-0.15, -0.1) is 11.3 Å². The lowest BCUT2D eigenvalue weighted by Gasteiger charge is -2.32. The molecule has 2 aliphatic heterocycles. The van der Waals surface area contributed by atoms with E-state index in [1.807, 2.05) is 6.92 Å². The number of nitrogens with zero attached hydrogens (tertiary/aromatic N) is 1. The largest absolute Gasteiger partial charge is 0.507 e. The molecule has 1 aromatic rings. The molecule has 0 saturated carbocycles. The maximum absolute atomic E-state index is 6.14. The van der Waals surface area contributed by atoms with Crippen LogP contribution in [0.5, 0.6) is 0 Å². The molecule has 0 amide bonds. The fourth-order valence-corrected chi connectivity index (χ4v) is 3.78. The van der Waals surface area contributed by atoms with Crippen LogP contribution in [0.1, 0.15) is 63.8 Å². The molecule has 0 spiro atoms. The van der Waals surface area contributed by atoms with Gasteiger partial charge in [0.2, 0.25) is 0 Å². The topological polar surface area (TPSA) is 40.6 Å². The molecule has 0 radical (unpaired) electrons. The van der Waals surface area contributed by atoms with Crippen molar-refractivity contribution in [3.63, 3.8) is 0 Å². The van der Waals surface area contributed by atoms with Crippen LogP contribution in [0.2, 0.25) is 0 Å². The number of aromatic nitrogens is 1. The molecule has 0 bridgehead atoms. The molecule has 2 saturated heterocycles. The Kier molecular flexibility index (Phi) is 3.93. The third kappa shape index (κ3) is 2.79. The lowest BCUT2D eigenvalue weighted by molar-refractivity contribution is 0.00578. The molecule has 3 rings (SSSR count). The Morgan fingerprint density at radius 3 is 2.38 bits per heavy atom. The van der Waals surface area contributed by atoms with Crippen molar-refractivity contribution in [3.05, 3.63) is 10.7 Å². The molecule has 6 heteroatoms. The lowest BCUT2D eigenvalue weighted by Crippen LogP contribution is -2.41. The quantitative estimate of drug-likeness (QED) is 0.788. The number of hydrogen-bond acceptors (Lipinski definition) is 5. The van der Waals surface area contributed by atoms with Crippen LogP contribution < -0.4 is 4.78 Å². The average Bonchev–Trinajstić information content (AvgIpc) is 2.89. The molecule has 2 fully saturated rings. The smallest absolute Gasteiger partial charge is 0.399 e. The van der Waals surface area contributed by atoms with Gasteiger partial charge < -0.3 is 14.0 Å². The van der Waals surface area contributed by atoms with Gasteiger partial charge in [-0.2, -0.15) is 0 Å². The second-order valence-electron chi connectivity index (χ2n) is 6.95. The monoisotopic (exact) mass is 309 g/mol. The van der Waals surface area contributed by atoms with Crippen LogP contribution in [-0.4, -0.2) is 29.9 Å². The normalized spacial score (nSPS) is 28.0. The third-order valence-electron chi connectivity index (χ3n) is 4.77. The van der Waals surface area contributed by atoms with Gasteiger partial charge in [0.15, 0.2) is 0 Å². The van der Waals surface area contributed by atoms with Crippen molar-refractivity contribution < 1.29 is 14.0 Å². The fourth-order valence-electron chi connectivity index (χ4n) is 2.67. The highest BCUT2D eigenvalue weighted by molar-refractivity contribution is 7.22. The van der Waals surface area contributed by atoms with E-state index >= 15 is 0 Å². The number of aryl methyl sites for hydroxylation is 1. The van der Waals surface area contributed by atoms with E-state index < -0.39 is 0 Å². The van der Waals surface area contributed by atoms with Crippen molar-refractivity contribution in [1.29, 1.82) is 0 Å². The first kappa shape index (κ1) is 15.5. The Morgan fingerprint density at radius 2 is 1.81 bits per heavy atom. The average molecular weight is 309 g/mol. The Morgan fingerprint density at radius 1 is 1.14 bits per heavy atom. The first-order valence-electron chi connectivity index (χ1n) is 7.75. The molecule has 0 aromatic carbocycles. The summed E-state index contributed by atoms with van der Waals surface area (Å²) in [6.07, 6.45) is 3.59. The van der Waals surface area contributed by atoms with Crippen molar-refractivity contribution in [2.45, 2.75) is 71.2 Å². The van der Waals surface area contributed by atoms with Crippen LogP contribution >= 0.6 is 11.3 Å². The number of thiazole rings is 1. The van der Waals surface area contributed by atoms with Gasteiger partial charge in [-0.25, -0.2) is 4.98 Å². The van der Waals surface area contributed by atoms with Crippen LogP contribution in [0.25, 0.3) is 0 Å². The van der Waals surface area contributed by atoms with Gasteiger partial charge in [0.25, 0.3) is 0 Å². The summed E-state index contributed by atoms with van der Waals surface area (Å²) in [7, 11) is -0.315. The van der Waals surface area contributed by atoms with Gasteiger partial charge in [0, 0.05) is 12.3 Å².